The van der Waals surface area contributed by atoms with Crippen molar-refractivity contribution in [2.75, 3.05) is 17.3 Å². The van der Waals surface area contributed by atoms with E-state index in [1.165, 1.54) is 0 Å². The first-order valence-corrected chi connectivity index (χ1v) is 8.05. The van der Waals surface area contributed by atoms with Crippen LogP contribution in [-0.2, 0) is 10.8 Å². The average molecular weight is 328 g/mol. The Balaban J connectivity index is 2.30. The van der Waals surface area contributed by atoms with E-state index in [1.807, 2.05) is 19.1 Å². The molecule has 96 valence electrons. The van der Waals surface area contributed by atoms with Gasteiger partial charge in [-0.15, -0.1) is 0 Å². The Kier molecular flexibility index (Phi) is 4.29. The highest BCUT2D eigenvalue weighted by Gasteiger charge is 2.08. The molecule has 0 aromatic carbocycles. The third-order valence-corrected chi connectivity index (χ3v) is 3.83. The molecule has 1 N–H and O–H groups in total. The van der Waals surface area contributed by atoms with Crippen molar-refractivity contribution in [2.45, 2.75) is 13.0 Å². The number of nitrogens with zero attached hydrogens (tertiary/aromatic N) is 2. The maximum atomic E-state index is 11.2. The van der Waals surface area contributed by atoms with Crippen LogP contribution in [0, 0.1) is 0 Å². The second-order valence-electron chi connectivity index (χ2n) is 4.17. The summed E-state index contributed by atoms with van der Waals surface area (Å²) in [6.07, 6.45) is 5.20. The monoisotopic (exact) mass is 327 g/mol. The van der Waals surface area contributed by atoms with Crippen molar-refractivity contribution < 1.29 is 4.21 Å². The van der Waals surface area contributed by atoms with Crippen LogP contribution < -0.4 is 5.32 Å². The summed E-state index contributed by atoms with van der Waals surface area (Å²) in [4.78, 5) is 8.64. The number of halogens is 1. The molecule has 0 radical (unpaired) electrons. The lowest BCUT2D eigenvalue weighted by molar-refractivity contribution is 0.683. The zero-order valence-corrected chi connectivity index (χ0v) is 12.6. The highest BCUT2D eigenvalue weighted by Crippen LogP contribution is 2.22. The van der Waals surface area contributed by atoms with Crippen molar-refractivity contribution in [2.24, 2.45) is 0 Å². The Morgan fingerprint density at radius 2 is 2.28 bits per heavy atom. The number of hydrogen-bond acceptors (Lipinski definition) is 4. The number of pyridine rings is 2. The molecule has 0 aliphatic carbocycles. The van der Waals surface area contributed by atoms with Crippen LogP contribution in [0.3, 0.4) is 0 Å². The summed E-state index contributed by atoms with van der Waals surface area (Å²) < 4.78 is 12.1. The van der Waals surface area contributed by atoms with Gasteiger partial charge in [-0.05, 0) is 35.0 Å². The molecule has 0 bridgehead atoms. The number of anilines is 1. The smallest absolute Gasteiger partial charge is 0.112 e. The molecule has 0 aliphatic heterocycles. The van der Waals surface area contributed by atoms with E-state index in [0.29, 0.717) is 5.75 Å². The molecule has 0 saturated carbocycles. The normalized spacial score (nSPS) is 14.4. The van der Waals surface area contributed by atoms with Gasteiger partial charge in [0.25, 0.3) is 0 Å². The molecule has 0 saturated heterocycles. The Bertz CT molecular complexity index is 591. The zero-order valence-electron chi connectivity index (χ0n) is 10.2. The van der Waals surface area contributed by atoms with Crippen molar-refractivity contribution in [1.29, 1.82) is 0 Å². The number of aromatic nitrogens is 2. The van der Waals surface area contributed by atoms with E-state index in [1.54, 1.807) is 18.6 Å². The van der Waals surface area contributed by atoms with Crippen molar-refractivity contribution >= 4 is 43.5 Å². The average Bonchev–Trinajstić information content (AvgIpc) is 2.27. The van der Waals surface area contributed by atoms with E-state index in [-0.39, 0.29) is 6.04 Å². The maximum Gasteiger partial charge on any atom is 0.112 e. The Hall–Kier alpha value is -1.01. The summed E-state index contributed by atoms with van der Waals surface area (Å²) in [5, 5.41) is 3.32. The molecule has 0 fully saturated rings. The third kappa shape index (κ3) is 3.26. The summed E-state index contributed by atoms with van der Waals surface area (Å²) in [5.74, 6) is 0.611. The van der Waals surface area contributed by atoms with Gasteiger partial charge in [0.15, 0.2) is 0 Å². The van der Waals surface area contributed by atoms with Crippen molar-refractivity contribution in [3.05, 3.63) is 29.0 Å². The number of fused-ring (bicyclic) bond motifs is 1. The van der Waals surface area contributed by atoms with Crippen LogP contribution in [0.4, 0.5) is 5.69 Å². The molecule has 0 aliphatic rings. The molecular formula is C12H14BrN3OS. The van der Waals surface area contributed by atoms with Crippen molar-refractivity contribution in [3.63, 3.8) is 0 Å². The van der Waals surface area contributed by atoms with Crippen LogP contribution in [-0.4, -0.2) is 32.2 Å². The fourth-order valence-electron chi connectivity index (χ4n) is 1.78. The molecule has 0 spiro atoms. The summed E-state index contributed by atoms with van der Waals surface area (Å²) in [5.41, 5.74) is 2.58. The number of hydrogen-bond donors (Lipinski definition) is 1. The van der Waals surface area contributed by atoms with Gasteiger partial charge >= 0.3 is 0 Å². The van der Waals surface area contributed by atoms with Crippen LogP contribution in [0.15, 0.2) is 29.0 Å². The van der Waals surface area contributed by atoms with E-state index < -0.39 is 10.8 Å². The molecule has 6 heteroatoms. The fraction of sp³-hybridized carbons (Fsp3) is 0.333. The first-order valence-electron chi connectivity index (χ1n) is 5.53. The molecule has 2 atom stereocenters. The zero-order chi connectivity index (χ0) is 13.1. The Morgan fingerprint density at radius 3 is 3.00 bits per heavy atom. The van der Waals surface area contributed by atoms with E-state index >= 15 is 0 Å². The lowest BCUT2D eigenvalue weighted by atomic mass is 10.2. The second-order valence-corrected chi connectivity index (χ2v) is 6.56. The summed E-state index contributed by atoms with van der Waals surface area (Å²) in [6.45, 7) is 2.01. The maximum absolute atomic E-state index is 11.2. The molecule has 4 nitrogen and oxygen atoms in total. The number of nitrogens with one attached hydrogen (secondary N) is 1. The van der Waals surface area contributed by atoms with E-state index in [9.17, 15) is 4.21 Å². The van der Waals surface area contributed by atoms with Gasteiger partial charge in [0, 0.05) is 45.7 Å². The molecular weight excluding hydrogens is 314 g/mol. The van der Waals surface area contributed by atoms with Crippen LogP contribution in [0.1, 0.15) is 6.92 Å². The van der Waals surface area contributed by atoms with Gasteiger partial charge < -0.3 is 5.32 Å². The minimum absolute atomic E-state index is 0.131. The molecule has 2 aromatic rings. The highest BCUT2D eigenvalue weighted by atomic mass is 79.9. The Labute approximate surface area is 117 Å². The molecule has 18 heavy (non-hydrogen) atoms. The predicted octanol–water partition coefficient (Wildman–Crippen LogP) is 2.57. The molecule has 0 unspecified atom stereocenters. The first kappa shape index (κ1) is 13.4. The molecule has 2 aromatic heterocycles. The van der Waals surface area contributed by atoms with Crippen LogP contribution in [0.2, 0.25) is 0 Å². The minimum Gasteiger partial charge on any atom is -0.380 e. The lowest BCUT2D eigenvalue weighted by Crippen LogP contribution is -2.22. The molecule has 2 heterocycles. The Morgan fingerprint density at radius 1 is 1.50 bits per heavy atom. The van der Waals surface area contributed by atoms with Gasteiger partial charge in [-0.2, -0.15) is 0 Å². The van der Waals surface area contributed by atoms with E-state index in [4.69, 9.17) is 0 Å². The molecule has 2 rings (SSSR count). The highest BCUT2D eigenvalue weighted by molar-refractivity contribution is 9.10. The van der Waals surface area contributed by atoms with E-state index in [2.05, 4.69) is 31.2 Å². The topological polar surface area (TPSA) is 54.9 Å². The van der Waals surface area contributed by atoms with Gasteiger partial charge in [0.2, 0.25) is 0 Å². The van der Waals surface area contributed by atoms with Gasteiger partial charge in [0.1, 0.15) is 5.52 Å². The van der Waals surface area contributed by atoms with Gasteiger partial charge in [-0.3, -0.25) is 14.2 Å². The SMILES string of the molecule is C[C@H](C[S@@](C)=O)Nc1ccnc2cc(Br)cnc12. The largest absolute Gasteiger partial charge is 0.380 e. The standard InChI is InChI=1S/C12H14BrN3OS/c1-8(7-18(2)17)16-10-3-4-14-11-5-9(13)6-15-12(10)11/h3-6,8H,7H2,1-2H3,(H,14,16)/t8-,18-/m1/s1. The van der Waals surface area contributed by atoms with Gasteiger partial charge in [-0.1, -0.05) is 0 Å². The van der Waals surface area contributed by atoms with E-state index in [0.717, 1.165) is 21.2 Å². The fourth-order valence-corrected chi connectivity index (χ4v) is 2.89. The summed E-state index contributed by atoms with van der Waals surface area (Å²) in [6, 6.07) is 3.95. The summed E-state index contributed by atoms with van der Waals surface area (Å²) in [7, 11) is -0.813. The number of rotatable bonds is 4. The minimum atomic E-state index is -0.813. The van der Waals surface area contributed by atoms with Crippen molar-refractivity contribution in [1.82, 2.24) is 9.97 Å². The summed E-state index contributed by atoms with van der Waals surface area (Å²) >= 11 is 3.38. The van der Waals surface area contributed by atoms with Crippen LogP contribution in [0.5, 0.6) is 0 Å². The van der Waals surface area contributed by atoms with Crippen LogP contribution >= 0.6 is 15.9 Å². The van der Waals surface area contributed by atoms with Gasteiger partial charge in [0.05, 0.1) is 11.2 Å². The lowest BCUT2D eigenvalue weighted by Gasteiger charge is -2.14. The van der Waals surface area contributed by atoms with Crippen LogP contribution in [0.25, 0.3) is 11.0 Å². The van der Waals surface area contributed by atoms with Gasteiger partial charge in [-0.25, -0.2) is 0 Å². The first-order chi connectivity index (χ1) is 8.56. The quantitative estimate of drug-likeness (QED) is 0.937. The predicted molar refractivity (Wildman–Crippen MR) is 79.3 cm³/mol. The third-order valence-electron chi connectivity index (χ3n) is 2.43. The van der Waals surface area contributed by atoms with Crippen molar-refractivity contribution in [3.8, 4) is 0 Å². The second kappa shape index (κ2) is 5.75. The molecule has 0 amide bonds.